The van der Waals surface area contributed by atoms with Gasteiger partial charge in [-0.05, 0) is 24.9 Å². The maximum Gasteiger partial charge on any atom is 0.169 e. The average Bonchev–Trinajstić information content (AvgIpc) is 2.47. The van der Waals surface area contributed by atoms with E-state index >= 15 is 0 Å². The molecule has 0 aliphatic carbocycles. The summed E-state index contributed by atoms with van der Waals surface area (Å²) >= 11 is 0. The first-order chi connectivity index (χ1) is 9.69. The van der Waals surface area contributed by atoms with Gasteiger partial charge in [-0.2, -0.15) is 0 Å². The topological polar surface area (TPSA) is 21.3 Å². The van der Waals surface area contributed by atoms with Crippen LogP contribution in [0, 0.1) is 11.7 Å². The van der Waals surface area contributed by atoms with E-state index in [-0.39, 0.29) is 11.9 Å². The molecule has 0 amide bonds. The van der Waals surface area contributed by atoms with Gasteiger partial charge in [-0.25, -0.2) is 4.39 Å². The van der Waals surface area contributed by atoms with Gasteiger partial charge in [0, 0.05) is 11.6 Å². The Bertz CT molecular complexity index is 395. The molecule has 0 fully saturated rings. The highest BCUT2D eigenvalue weighted by molar-refractivity contribution is 5.33. The Hall–Kier alpha value is -1.09. The van der Waals surface area contributed by atoms with Crippen LogP contribution in [-0.4, -0.2) is 13.7 Å². The molecular weight excluding hydrogens is 253 g/mol. The van der Waals surface area contributed by atoms with Crippen LogP contribution in [-0.2, 0) is 0 Å². The summed E-state index contributed by atoms with van der Waals surface area (Å²) < 4.78 is 19.6. The van der Waals surface area contributed by atoms with Crippen molar-refractivity contribution in [3.63, 3.8) is 0 Å². The van der Waals surface area contributed by atoms with Gasteiger partial charge in [-0.1, -0.05) is 52.2 Å². The molecule has 114 valence electrons. The Morgan fingerprint density at radius 3 is 2.55 bits per heavy atom. The molecule has 0 radical (unpaired) electrons. The van der Waals surface area contributed by atoms with Crippen LogP contribution in [0.4, 0.5) is 4.39 Å². The van der Waals surface area contributed by atoms with E-state index in [0.717, 1.165) is 24.9 Å². The molecule has 0 heterocycles. The second-order valence-electron chi connectivity index (χ2n) is 5.21. The summed E-state index contributed by atoms with van der Waals surface area (Å²) in [4.78, 5) is 0. The van der Waals surface area contributed by atoms with E-state index in [2.05, 4.69) is 26.1 Å². The zero-order valence-corrected chi connectivity index (χ0v) is 13.2. The molecule has 2 atom stereocenters. The highest BCUT2D eigenvalue weighted by Crippen LogP contribution is 2.33. The van der Waals surface area contributed by atoms with Crippen LogP contribution < -0.4 is 10.1 Å². The lowest BCUT2D eigenvalue weighted by atomic mass is 9.86. The summed E-state index contributed by atoms with van der Waals surface area (Å²) in [5.41, 5.74) is 0.731. The summed E-state index contributed by atoms with van der Waals surface area (Å²) in [5.74, 6) is 0.558. The minimum absolute atomic E-state index is 0.0617. The van der Waals surface area contributed by atoms with E-state index in [0.29, 0.717) is 11.7 Å². The maximum atomic E-state index is 14.5. The van der Waals surface area contributed by atoms with Gasteiger partial charge in [-0.15, -0.1) is 0 Å². The molecule has 0 bridgehead atoms. The van der Waals surface area contributed by atoms with Crippen molar-refractivity contribution in [2.75, 3.05) is 13.7 Å². The molecule has 0 spiro atoms. The van der Waals surface area contributed by atoms with Crippen molar-refractivity contribution < 1.29 is 9.13 Å². The maximum absolute atomic E-state index is 14.5. The lowest BCUT2D eigenvalue weighted by Gasteiger charge is -2.28. The molecule has 0 aliphatic rings. The molecular formula is C17H28FNO. The first kappa shape index (κ1) is 17.0. The molecule has 0 saturated carbocycles. The number of hydrogen-bond acceptors (Lipinski definition) is 2. The smallest absolute Gasteiger partial charge is 0.169 e. The van der Waals surface area contributed by atoms with Crippen LogP contribution in [0.1, 0.15) is 58.1 Å². The molecule has 1 aromatic rings. The van der Waals surface area contributed by atoms with Gasteiger partial charge in [-0.3, -0.25) is 0 Å². The van der Waals surface area contributed by atoms with E-state index in [4.69, 9.17) is 4.74 Å². The third kappa shape index (κ3) is 4.20. The Kier molecular flexibility index (Phi) is 7.60. The number of benzene rings is 1. The highest BCUT2D eigenvalue weighted by Gasteiger charge is 2.24. The summed E-state index contributed by atoms with van der Waals surface area (Å²) in [6, 6.07) is 5.48. The van der Waals surface area contributed by atoms with Crippen molar-refractivity contribution in [3.8, 4) is 5.75 Å². The van der Waals surface area contributed by atoms with Crippen LogP contribution in [0.15, 0.2) is 18.2 Å². The first-order valence-electron chi connectivity index (χ1n) is 7.75. The van der Waals surface area contributed by atoms with Gasteiger partial charge in [0.15, 0.2) is 11.6 Å². The van der Waals surface area contributed by atoms with Crippen molar-refractivity contribution in [1.29, 1.82) is 0 Å². The number of nitrogens with one attached hydrogen (secondary N) is 1. The summed E-state index contributed by atoms with van der Waals surface area (Å²) in [6.45, 7) is 7.28. The van der Waals surface area contributed by atoms with Crippen LogP contribution in [0.25, 0.3) is 0 Å². The fourth-order valence-electron chi connectivity index (χ4n) is 2.75. The number of methoxy groups -OCH3 is 1. The Morgan fingerprint density at radius 1 is 1.25 bits per heavy atom. The molecule has 3 heteroatoms. The van der Waals surface area contributed by atoms with Gasteiger partial charge in [0.2, 0.25) is 0 Å². The van der Waals surface area contributed by atoms with E-state index in [1.54, 1.807) is 6.07 Å². The van der Waals surface area contributed by atoms with Crippen molar-refractivity contribution in [3.05, 3.63) is 29.6 Å². The molecule has 20 heavy (non-hydrogen) atoms. The van der Waals surface area contributed by atoms with Crippen LogP contribution in [0.3, 0.4) is 0 Å². The SMILES string of the molecule is CCCCC(CC)C(NCC)c1cccc(OC)c1F. The number of unbranched alkanes of at least 4 members (excludes halogenated alkanes) is 1. The summed E-state index contributed by atoms with van der Waals surface area (Å²) in [5, 5.41) is 3.46. The molecule has 2 nitrogen and oxygen atoms in total. The van der Waals surface area contributed by atoms with Crippen molar-refractivity contribution in [2.24, 2.45) is 5.92 Å². The van der Waals surface area contributed by atoms with Crippen molar-refractivity contribution >= 4 is 0 Å². The number of halogens is 1. The Labute approximate surface area is 122 Å². The van der Waals surface area contributed by atoms with E-state index < -0.39 is 0 Å². The molecule has 2 unspecified atom stereocenters. The lowest BCUT2D eigenvalue weighted by molar-refractivity contribution is 0.314. The number of hydrogen-bond donors (Lipinski definition) is 1. The molecule has 0 saturated heterocycles. The largest absolute Gasteiger partial charge is 0.494 e. The predicted molar refractivity (Wildman–Crippen MR) is 82.7 cm³/mol. The normalized spacial score (nSPS) is 14.1. The van der Waals surface area contributed by atoms with Crippen LogP contribution in [0.2, 0.25) is 0 Å². The second kappa shape index (κ2) is 8.96. The third-order valence-electron chi connectivity index (χ3n) is 3.90. The molecule has 1 aromatic carbocycles. The highest BCUT2D eigenvalue weighted by atomic mass is 19.1. The summed E-state index contributed by atoms with van der Waals surface area (Å²) in [6.07, 6.45) is 4.54. The Balaban J connectivity index is 3.05. The zero-order chi connectivity index (χ0) is 15.0. The van der Waals surface area contributed by atoms with Gasteiger partial charge in [0.25, 0.3) is 0 Å². The second-order valence-corrected chi connectivity index (χ2v) is 5.21. The Morgan fingerprint density at radius 2 is 2.00 bits per heavy atom. The van der Waals surface area contributed by atoms with Crippen LogP contribution in [0.5, 0.6) is 5.75 Å². The monoisotopic (exact) mass is 281 g/mol. The quantitative estimate of drug-likeness (QED) is 0.708. The van der Waals surface area contributed by atoms with Crippen molar-refractivity contribution in [2.45, 2.75) is 52.5 Å². The molecule has 1 rings (SSSR count). The lowest BCUT2D eigenvalue weighted by Crippen LogP contribution is -2.29. The number of ether oxygens (including phenoxy) is 1. The first-order valence-corrected chi connectivity index (χ1v) is 7.75. The predicted octanol–water partition coefficient (Wildman–Crippen LogP) is 4.70. The van der Waals surface area contributed by atoms with E-state index in [1.807, 2.05) is 12.1 Å². The van der Waals surface area contributed by atoms with Gasteiger partial charge in [0.1, 0.15) is 0 Å². The van der Waals surface area contributed by atoms with Gasteiger partial charge >= 0.3 is 0 Å². The van der Waals surface area contributed by atoms with Gasteiger partial charge < -0.3 is 10.1 Å². The standard InChI is InChI=1S/C17H28FNO/c1-5-8-10-13(6-2)17(19-7-3)14-11-9-12-15(20-4)16(14)18/h9,11-13,17,19H,5-8,10H2,1-4H3. The molecule has 0 aromatic heterocycles. The fourth-order valence-corrected chi connectivity index (χ4v) is 2.75. The zero-order valence-electron chi connectivity index (χ0n) is 13.2. The van der Waals surface area contributed by atoms with E-state index in [9.17, 15) is 4.39 Å². The van der Waals surface area contributed by atoms with Crippen LogP contribution >= 0.6 is 0 Å². The van der Waals surface area contributed by atoms with E-state index in [1.165, 1.54) is 20.0 Å². The number of rotatable bonds is 9. The average molecular weight is 281 g/mol. The fraction of sp³-hybridized carbons (Fsp3) is 0.647. The molecule has 1 N–H and O–H groups in total. The minimum Gasteiger partial charge on any atom is -0.494 e. The summed E-state index contributed by atoms with van der Waals surface area (Å²) in [7, 11) is 1.51. The van der Waals surface area contributed by atoms with Crippen molar-refractivity contribution in [1.82, 2.24) is 5.32 Å². The minimum atomic E-state index is -0.226. The van der Waals surface area contributed by atoms with Gasteiger partial charge in [0.05, 0.1) is 7.11 Å². The third-order valence-corrected chi connectivity index (χ3v) is 3.90. The molecule has 0 aliphatic heterocycles.